The molecule has 0 saturated carbocycles. The molecule has 0 radical (unpaired) electrons. The Morgan fingerprint density at radius 1 is 1.38 bits per heavy atom. The van der Waals surface area contributed by atoms with Crippen LogP contribution in [0.2, 0.25) is 0 Å². The smallest absolute Gasteiger partial charge is 0.334 e. The lowest BCUT2D eigenvalue weighted by Crippen LogP contribution is -2.16. The van der Waals surface area contributed by atoms with Gasteiger partial charge in [0.15, 0.2) is 0 Å². The van der Waals surface area contributed by atoms with Crippen LogP contribution in [0.5, 0.6) is 11.5 Å². The first-order valence-corrected chi connectivity index (χ1v) is 5.66. The van der Waals surface area contributed by atoms with Crippen molar-refractivity contribution in [2.24, 2.45) is 0 Å². The van der Waals surface area contributed by atoms with Crippen molar-refractivity contribution in [1.82, 2.24) is 0 Å². The fraction of sp³-hybridized carbons (Fsp3) is 0.182. The highest BCUT2D eigenvalue weighted by molar-refractivity contribution is 14.1. The predicted molar refractivity (Wildman–Crippen MR) is 65.4 cm³/mol. The second-order valence-electron chi connectivity index (χ2n) is 3.05. The van der Waals surface area contributed by atoms with E-state index in [9.17, 15) is 4.79 Å². The largest absolute Gasteiger partial charge is 0.496 e. The van der Waals surface area contributed by atoms with Gasteiger partial charge in [0.2, 0.25) is 0 Å². The molecular formula is C11H9IO4. The van der Waals surface area contributed by atoms with Gasteiger partial charge in [-0.15, -0.1) is 0 Å². The average molecular weight is 332 g/mol. The normalized spacial score (nSPS) is 18.4. The molecule has 0 fully saturated rings. The molecule has 1 aliphatic rings. The summed E-state index contributed by atoms with van der Waals surface area (Å²) >= 11 is 2.12. The second kappa shape index (κ2) is 4.73. The van der Waals surface area contributed by atoms with Gasteiger partial charge in [-0.1, -0.05) is 6.07 Å². The zero-order valence-electron chi connectivity index (χ0n) is 8.48. The SMILES string of the molecule is COc1cccc(OC2C=CC(=O)O2)c1I. The van der Waals surface area contributed by atoms with Crippen molar-refractivity contribution in [3.8, 4) is 11.5 Å². The maximum Gasteiger partial charge on any atom is 0.334 e. The summed E-state index contributed by atoms with van der Waals surface area (Å²) < 4.78 is 16.4. The molecule has 4 nitrogen and oxygen atoms in total. The molecule has 2 rings (SSSR count). The Bertz CT molecular complexity index is 442. The van der Waals surface area contributed by atoms with Gasteiger partial charge in [0.05, 0.1) is 10.7 Å². The van der Waals surface area contributed by atoms with Crippen LogP contribution >= 0.6 is 22.6 Å². The Labute approximate surface area is 106 Å². The van der Waals surface area contributed by atoms with E-state index < -0.39 is 6.29 Å². The van der Waals surface area contributed by atoms with Crippen LogP contribution in [0.1, 0.15) is 0 Å². The number of halogens is 1. The van der Waals surface area contributed by atoms with Crippen LogP contribution in [-0.4, -0.2) is 19.4 Å². The molecule has 1 unspecified atom stereocenters. The van der Waals surface area contributed by atoms with Crippen molar-refractivity contribution < 1.29 is 19.0 Å². The number of carbonyl (C=O) groups is 1. The number of rotatable bonds is 3. The van der Waals surface area contributed by atoms with Crippen molar-refractivity contribution in [3.63, 3.8) is 0 Å². The fourth-order valence-electron chi connectivity index (χ4n) is 1.28. The lowest BCUT2D eigenvalue weighted by molar-refractivity contribution is -0.147. The zero-order chi connectivity index (χ0) is 11.5. The first-order chi connectivity index (χ1) is 7.70. The van der Waals surface area contributed by atoms with E-state index in [1.54, 1.807) is 19.3 Å². The summed E-state index contributed by atoms with van der Waals surface area (Å²) in [6, 6.07) is 5.45. The Morgan fingerprint density at radius 3 is 2.75 bits per heavy atom. The molecule has 84 valence electrons. The van der Waals surface area contributed by atoms with Crippen molar-refractivity contribution in [2.45, 2.75) is 6.29 Å². The van der Waals surface area contributed by atoms with Gasteiger partial charge in [0, 0.05) is 12.2 Å². The van der Waals surface area contributed by atoms with E-state index in [1.807, 2.05) is 12.1 Å². The summed E-state index contributed by atoms with van der Waals surface area (Å²) in [4.78, 5) is 10.8. The van der Waals surface area contributed by atoms with Crippen LogP contribution in [0.4, 0.5) is 0 Å². The molecule has 5 heteroatoms. The standard InChI is InChI=1S/C11H9IO4/c1-14-7-3-2-4-8(11(7)12)15-10-6-5-9(13)16-10/h2-6,10H,1H3. The Kier molecular flexibility index (Phi) is 3.33. The van der Waals surface area contributed by atoms with E-state index in [4.69, 9.17) is 14.2 Å². The minimum Gasteiger partial charge on any atom is -0.496 e. The molecule has 0 amide bonds. The molecule has 0 spiro atoms. The number of cyclic esters (lactones) is 1. The summed E-state index contributed by atoms with van der Waals surface area (Å²) in [5.41, 5.74) is 0. The predicted octanol–water partition coefficient (Wildman–Crippen LogP) is 2.12. The molecule has 1 heterocycles. The number of hydrogen-bond donors (Lipinski definition) is 0. The molecule has 16 heavy (non-hydrogen) atoms. The van der Waals surface area contributed by atoms with Crippen LogP contribution in [0.25, 0.3) is 0 Å². The first kappa shape index (κ1) is 11.3. The molecule has 1 aliphatic heterocycles. The van der Waals surface area contributed by atoms with Crippen LogP contribution in [0.3, 0.4) is 0 Å². The molecule has 0 aromatic heterocycles. The molecule has 0 saturated heterocycles. The van der Waals surface area contributed by atoms with Crippen LogP contribution in [0.15, 0.2) is 30.4 Å². The highest BCUT2D eigenvalue weighted by Crippen LogP contribution is 2.31. The summed E-state index contributed by atoms with van der Waals surface area (Å²) in [7, 11) is 1.59. The van der Waals surface area contributed by atoms with Crippen molar-refractivity contribution in [1.29, 1.82) is 0 Å². The third kappa shape index (κ3) is 2.29. The van der Waals surface area contributed by atoms with Gasteiger partial charge in [0.1, 0.15) is 11.5 Å². The lowest BCUT2D eigenvalue weighted by atomic mass is 10.3. The van der Waals surface area contributed by atoms with Crippen LogP contribution < -0.4 is 9.47 Å². The Balaban J connectivity index is 2.15. The van der Waals surface area contributed by atoms with Crippen molar-refractivity contribution >= 4 is 28.6 Å². The van der Waals surface area contributed by atoms with E-state index in [2.05, 4.69) is 22.6 Å². The second-order valence-corrected chi connectivity index (χ2v) is 4.13. The minimum absolute atomic E-state index is 0.386. The monoisotopic (exact) mass is 332 g/mol. The van der Waals surface area contributed by atoms with Crippen molar-refractivity contribution in [3.05, 3.63) is 33.9 Å². The van der Waals surface area contributed by atoms with Gasteiger partial charge < -0.3 is 14.2 Å². The van der Waals surface area contributed by atoms with Gasteiger partial charge >= 0.3 is 5.97 Å². The molecular weight excluding hydrogens is 323 g/mol. The molecule has 0 N–H and O–H groups in total. The van der Waals surface area contributed by atoms with Gasteiger partial charge in [-0.25, -0.2) is 4.79 Å². The van der Waals surface area contributed by atoms with Crippen LogP contribution in [0, 0.1) is 3.57 Å². The minimum atomic E-state index is -0.645. The van der Waals surface area contributed by atoms with E-state index in [0.717, 1.165) is 9.32 Å². The van der Waals surface area contributed by atoms with Crippen molar-refractivity contribution in [2.75, 3.05) is 7.11 Å². The van der Waals surface area contributed by atoms with Gasteiger partial charge in [-0.2, -0.15) is 0 Å². The highest BCUT2D eigenvalue weighted by atomic mass is 127. The lowest BCUT2D eigenvalue weighted by Gasteiger charge is -2.14. The quantitative estimate of drug-likeness (QED) is 0.628. The molecule has 1 aromatic carbocycles. The zero-order valence-corrected chi connectivity index (χ0v) is 10.6. The summed E-state index contributed by atoms with van der Waals surface area (Å²) in [5.74, 6) is 0.971. The maximum absolute atomic E-state index is 10.8. The summed E-state index contributed by atoms with van der Waals surface area (Å²) in [5, 5.41) is 0. The number of ether oxygens (including phenoxy) is 3. The molecule has 1 atom stereocenters. The molecule has 1 aromatic rings. The first-order valence-electron chi connectivity index (χ1n) is 4.58. The third-order valence-electron chi connectivity index (χ3n) is 2.01. The van der Waals surface area contributed by atoms with E-state index >= 15 is 0 Å². The number of hydrogen-bond acceptors (Lipinski definition) is 4. The van der Waals surface area contributed by atoms with Gasteiger partial charge in [0.25, 0.3) is 6.29 Å². The number of benzene rings is 1. The highest BCUT2D eigenvalue weighted by Gasteiger charge is 2.19. The van der Waals surface area contributed by atoms with E-state index in [0.29, 0.717) is 5.75 Å². The molecule has 0 aliphatic carbocycles. The number of esters is 1. The average Bonchev–Trinajstić information content (AvgIpc) is 2.67. The Morgan fingerprint density at radius 2 is 2.12 bits per heavy atom. The number of methoxy groups -OCH3 is 1. The van der Waals surface area contributed by atoms with E-state index in [1.165, 1.54) is 6.08 Å². The molecule has 0 bridgehead atoms. The maximum atomic E-state index is 10.8. The summed E-state index contributed by atoms with van der Waals surface area (Å²) in [6.45, 7) is 0. The van der Waals surface area contributed by atoms with Crippen LogP contribution in [-0.2, 0) is 9.53 Å². The van der Waals surface area contributed by atoms with Gasteiger partial charge in [-0.3, -0.25) is 0 Å². The summed E-state index contributed by atoms with van der Waals surface area (Å²) in [6.07, 6.45) is 2.27. The third-order valence-corrected chi connectivity index (χ3v) is 3.08. The fourth-order valence-corrected chi connectivity index (χ4v) is 1.98. The van der Waals surface area contributed by atoms with Gasteiger partial charge in [-0.05, 0) is 34.7 Å². The Hall–Kier alpha value is -1.24. The number of carbonyl (C=O) groups excluding carboxylic acids is 1. The topological polar surface area (TPSA) is 44.8 Å². The van der Waals surface area contributed by atoms with E-state index in [-0.39, 0.29) is 5.97 Å².